The number of carbonyl (C=O) groups is 1. The van der Waals surface area contributed by atoms with Crippen molar-refractivity contribution in [1.29, 1.82) is 0 Å². The van der Waals surface area contributed by atoms with Crippen LogP contribution in [0.5, 0.6) is 0 Å². The van der Waals surface area contributed by atoms with E-state index < -0.39 is 0 Å². The van der Waals surface area contributed by atoms with Crippen molar-refractivity contribution in [1.82, 2.24) is 15.5 Å². The summed E-state index contributed by atoms with van der Waals surface area (Å²) in [7, 11) is 0. The normalized spacial score (nSPS) is 22.8. The van der Waals surface area contributed by atoms with Crippen molar-refractivity contribution < 1.29 is 4.79 Å². The molecule has 6 heteroatoms. The maximum atomic E-state index is 12.8. The van der Waals surface area contributed by atoms with Gasteiger partial charge in [0.2, 0.25) is 0 Å². The average Bonchev–Trinajstić information content (AvgIpc) is 2.84. The third-order valence-corrected chi connectivity index (χ3v) is 5.26. The molecule has 2 aliphatic rings. The van der Waals surface area contributed by atoms with E-state index in [1.165, 1.54) is 44.4 Å². The van der Waals surface area contributed by atoms with E-state index in [0.29, 0.717) is 17.3 Å². The number of carbonyl (C=O) groups excluding carboxylic acids is 1. The molecule has 3 N–H and O–H groups in total. The molecule has 0 aromatic carbocycles. The first-order chi connectivity index (χ1) is 13.6. The van der Waals surface area contributed by atoms with E-state index in [2.05, 4.69) is 33.5 Å². The lowest BCUT2D eigenvalue weighted by atomic mass is 9.97. The van der Waals surface area contributed by atoms with E-state index in [4.69, 9.17) is 0 Å². The second-order valence-electron chi connectivity index (χ2n) is 7.61. The number of amides is 1. The molecule has 148 valence electrons. The van der Waals surface area contributed by atoms with Crippen molar-refractivity contribution in [3.8, 4) is 0 Å². The molecule has 1 fully saturated rings. The van der Waals surface area contributed by atoms with Crippen LogP contribution in [0.4, 0.5) is 5.69 Å². The summed E-state index contributed by atoms with van der Waals surface area (Å²) in [4.78, 5) is 24.3. The van der Waals surface area contributed by atoms with Crippen molar-refractivity contribution in [2.75, 3.05) is 5.32 Å². The monoisotopic (exact) mass is 380 g/mol. The third kappa shape index (κ3) is 5.83. The Bertz CT molecular complexity index is 875. The predicted octanol–water partition coefficient (Wildman–Crippen LogP) is 3.58. The van der Waals surface area contributed by atoms with E-state index in [1.54, 1.807) is 12.2 Å². The highest BCUT2D eigenvalue weighted by Crippen LogP contribution is 2.23. The molecule has 0 radical (unpaired) electrons. The molecule has 0 aliphatic heterocycles. The maximum absolute atomic E-state index is 12.8. The summed E-state index contributed by atoms with van der Waals surface area (Å²) in [6.45, 7) is 2.33. The van der Waals surface area contributed by atoms with Crippen molar-refractivity contribution in [3.63, 3.8) is 0 Å². The molecule has 1 amide bonds. The standard InChI is InChI=1S/C22H28N4O2/c1-16-8-4-2-5-9-17(13-12-16)24-20-11-7-3-6-10-19(20)22(28)25-18-14-21(27)26-23-15-18/h3,7,10-11,14-17,24H,2,4-5,8-9,12-13H2,1H3,(H2,25,26,27,28). The molecule has 2 unspecified atom stereocenters. The summed E-state index contributed by atoms with van der Waals surface area (Å²) in [6.07, 6.45) is 17.2. The molecule has 0 bridgehead atoms. The van der Waals surface area contributed by atoms with Crippen LogP contribution in [0.2, 0.25) is 0 Å². The van der Waals surface area contributed by atoms with Gasteiger partial charge in [-0.15, -0.1) is 5.73 Å². The fraction of sp³-hybridized carbons (Fsp3) is 0.455. The molecule has 2 atom stereocenters. The molecular formula is C22H28N4O2. The Morgan fingerprint density at radius 2 is 2.07 bits per heavy atom. The molecule has 1 heterocycles. The van der Waals surface area contributed by atoms with Crippen LogP contribution in [0.1, 0.15) is 51.9 Å². The molecule has 1 aromatic heterocycles. The van der Waals surface area contributed by atoms with E-state index in [0.717, 1.165) is 24.5 Å². The second-order valence-corrected chi connectivity index (χ2v) is 7.61. The van der Waals surface area contributed by atoms with Crippen molar-refractivity contribution >= 4 is 11.6 Å². The van der Waals surface area contributed by atoms with E-state index in [1.807, 2.05) is 12.2 Å². The van der Waals surface area contributed by atoms with Gasteiger partial charge in [0.15, 0.2) is 0 Å². The molecule has 28 heavy (non-hydrogen) atoms. The Hall–Kier alpha value is -2.85. The Morgan fingerprint density at radius 3 is 2.93 bits per heavy atom. The highest BCUT2D eigenvalue weighted by atomic mass is 16.2. The summed E-state index contributed by atoms with van der Waals surface area (Å²) in [6, 6.07) is 1.65. The van der Waals surface area contributed by atoms with Crippen molar-refractivity contribution in [3.05, 3.63) is 63.9 Å². The van der Waals surface area contributed by atoms with Gasteiger partial charge in [-0.3, -0.25) is 9.59 Å². The lowest BCUT2D eigenvalue weighted by molar-refractivity contribution is -0.112. The zero-order valence-electron chi connectivity index (χ0n) is 16.3. The molecule has 6 nitrogen and oxygen atoms in total. The minimum Gasteiger partial charge on any atom is -0.382 e. The molecule has 3 rings (SSSR count). The molecule has 1 saturated carbocycles. The molecular weight excluding hydrogens is 352 g/mol. The average molecular weight is 380 g/mol. The Balaban J connectivity index is 1.78. The first-order valence-corrected chi connectivity index (χ1v) is 10.1. The van der Waals surface area contributed by atoms with Crippen LogP contribution in [0.15, 0.2) is 58.4 Å². The van der Waals surface area contributed by atoms with Crippen LogP contribution in [-0.4, -0.2) is 22.1 Å². The largest absolute Gasteiger partial charge is 0.382 e. The van der Waals surface area contributed by atoms with Crippen LogP contribution < -0.4 is 16.2 Å². The molecule has 0 spiro atoms. The third-order valence-electron chi connectivity index (χ3n) is 5.26. The lowest BCUT2D eigenvalue weighted by Gasteiger charge is -2.22. The fourth-order valence-electron chi connectivity index (χ4n) is 3.65. The van der Waals surface area contributed by atoms with E-state index in [-0.39, 0.29) is 11.5 Å². The number of H-pyrrole nitrogens is 1. The summed E-state index contributed by atoms with van der Waals surface area (Å²) in [5.74, 6) is 0.452. The minimum absolute atomic E-state index is 0.293. The van der Waals surface area contributed by atoms with Crippen molar-refractivity contribution in [2.24, 2.45) is 5.92 Å². The molecule has 0 saturated heterocycles. The zero-order chi connectivity index (χ0) is 19.8. The lowest BCUT2D eigenvalue weighted by Crippen LogP contribution is -2.30. The second kappa shape index (κ2) is 9.90. The molecule has 1 aromatic rings. The number of allylic oxidation sites excluding steroid dienone is 2. The minimum atomic E-state index is -0.360. The van der Waals surface area contributed by atoms with Gasteiger partial charge in [-0.2, -0.15) is 5.10 Å². The Labute approximate surface area is 165 Å². The quantitative estimate of drug-likeness (QED) is 0.697. The summed E-state index contributed by atoms with van der Waals surface area (Å²) in [5.41, 5.74) is 4.29. The van der Waals surface area contributed by atoms with Crippen LogP contribution in [0, 0.1) is 5.92 Å². The van der Waals surface area contributed by atoms with Crippen molar-refractivity contribution in [2.45, 2.75) is 57.9 Å². The van der Waals surface area contributed by atoms with Crippen LogP contribution >= 0.6 is 0 Å². The number of hydrogen-bond donors (Lipinski definition) is 3. The topological polar surface area (TPSA) is 86.9 Å². The number of hydrogen-bond acceptors (Lipinski definition) is 4. The number of aromatic nitrogens is 2. The maximum Gasteiger partial charge on any atom is 0.266 e. The highest BCUT2D eigenvalue weighted by Gasteiger charge is 2.18. The first kappa shape index (κ1) is 19.9. The number of nitrogens with zero attached hydrogens (tertiary/aromatic N) is 1. The summed E-state index contributed by atoms with van der Waals surface area (Å²) < 4.78 is 0. The van der Waals surface area contributed by atoms with Gasteiger partial charge in [0.25, 0.3) is 11.5 Å². The number of anilines is 1. The number of aromatic amines is 1. The highest BCUT2D eigenvalue weighted by molar-refractivity contribution is 6.06. The van der Waals surface area contributed by atoms with Gasteiger partial charge < -0.3 is 10.6 Å². The zero-order valence-corrected chi connectivity index (χ0v) is 16.3. The van der Waals surface area contributed by atoms with Gasteiger partial charge in [0, 0.05) is 17.8 Å². The van der Waals surface area contributed by atoms with Gasteiger partial charge in [0.05, 0.1) is 17.5 Å². The summed E-state index contributed by atoms with van der Waals surface area (Å²) >= 11 is 0. The number of nitrogens with one attached hydrogen (secondary N) is 3. The summed E-state index contributed by atoms with van der Waals surface area (Å²) in [5, 5.41) is 12.4. The first-order valence-electron chi connectivity index (χ1n) is 10.1. The number of rotatable bonds is 4. The molecule has 2 aliphatic carbocycles. The predicted molar refractivity (Wildman–Crippen MR) is 111 cm³/mol. The van der Waals surface area contributed by atoms with Gasteiger partial charge in [-0.25, -0.2) is 5.10 Å². The van der Waals surface area contributed by atoms with Crippen LogP contribution in [0.25, 0.3) is 0 Å². The van der Waals surface area contributed by atoms with Crippen LogP contribution in [-0.2, 0) is 4.79 Å². The van der Waals surface area contributed by atoms with E-state index in [9.17, 15) is 9.59 Å². The van der Waals surface area contributed by atoms with Crippen LogP contribution in [0.3, 0.4) is 0 Å². The van der Waals surface area contributed by atoms with Gasteiger partial charge in [0.1, 0.15) is 0 Å². The van der Waals surface area contributed by atoms with Gasteiger partial charge in [-0.05, 0) is 43.4 Å². The Kier molecular flexibility index (Phi) is 7.04. The van der Waals surface area contributed by atoms with E-state index >= 15 is 0 Å². The van der Waals surface area contributed by atoms with Gasteiger partial charge >= 0.3 is 0 Å². The SMILES string of the molecule is CC1CCCCCC(NC2=C(C(=O)Nc3cn[nH]c(=O)c3)C=C=CC=C2)CC1. The Morgan fingerprint density at radius 1 is 1.21 bits per heavy atom. The smallest absolute Gasteiger partial charge is 0.266 e. The fourth-order valence-corrected chi connectivity index (χ4v) is 3.65. The van der Waals surface area contributed by atoms with Gasteiger partial charge in [-0.1, -0.05) is 38.7 Å².